The van der Waals surface area contributed by atoms with Crippen LogP contribution in [0.15, 0.2) is 30.6 Å². The molecule has 0 saturated carbocycles. The highest BCUT2D eigenvalue weighted by atomic mass is 19.1. The van der Waals surface area contributed by atoms with Gasteiger partial charge in [-0.05, 0) is 25.1 Å². The van der Waals surface area contributed by atoms with E-state index in [9.17, 15) is 18.7 Å². The smallest absolute Gasteiger partial charge is 0.270 e. The number of hydrogen-bond acceptors (Lipinski definition) is 4. The molecule has 0 aliphatic heterocycles. The lowest BCUT2D eigenvalue weighted by Crippen LogP contribution is -2.29. The maximum absolute atomic E-state index is 13.5. The first-order valence-electron chi connectivity index (χ1n) is 6.18. The number of nitrogens with one attached hydrogen (secondary N) is 1. The highest BCUT2D eigenvalue weighted by molar-refractivity contribution is 5.92. The zero-order valence-electron chi connectivity index (χ0n) is 11.2. The Labute approximate surface area is 119 Å². The molecular formula is C14H13F2N3O2. The summed E-state index contributed by atoms with van der Waals surface area (Å²) in [5.74, 6) is -2.29. The molecule has 1 aromatic carbocycles. The molecule has 2 N–H and O–H groups in total. The predicted molar refractivity (Wildman–Crippen MR) is 70.4 cm³/mol. The van der Waals surface area contributed by atoms with Crippen LogP contribution in [0.3, 0.4) is 0 Å². The van der Waals surface area contributed by atoms with E-state index in [0.717, 1.165) is 12.1 Å². The average Bonchev–Trinajstić information content (AvgIpc) is 2.44. The van der Waals surface area contributed by atoms with Crippen LogP contribution in [0.2, 0.25) is 0 Å². The lowest BCUT2D eigenvalue weighted by Gasteiger charge is -2.13. The van der Waals surface area contributed by atoms with Gasteiger partial charge in [0.05, 0.1) is 5.56 Å². The Bertz CT molecular complexity index is 644. The van der Waals surface area contributed by atoms with Gasteiger partial charge in [-0.25, -0.2) is 18.7 Å². The molecule has 2 rings (SSSR count). The van der Waals surface area contributed by atoms with Gasteiger partial charge in [0, 0.05) is 12.2 Å². The summed E-state index contributed by atoms with van der Waals surface area (Å²) >= 11 is 0. The van der Waals surface area contributed by atoms with Crippen LogP contribution in [0.4, 0.5) is 8.78 Å². The van der Waals surface area contributed by atoms with Crippen molar-refractivity contribution < 1.29 is 18.7 Å². The first kappa shape index (κ1) is 15.0. The zero-order valence-corrected chi connectivity index (χ0v) is 11.2. The number of nitrogens with zero attached hydrogens (tertiary/aromatic N) is 2. The van der Waals surface area contributed by atoms with Gasteiger partial charge in [-0.15, -0.1) is 0 Å². The fraction of sp³-hybridized carbons (Fsp3) is 0.214. The Morgan fingerprint density at radius 3 is 2.62 bits per heavy atom. The summed E-state index contributed by atoms with van der Waals surface area (Å²) in [6, 6.07) is 4.74. The molecule has 0 saturated heterocycles. The number of aliphatic hydroxyl groups is 1. The summed E-state index contributed by atoms with van der Waals surface area (Å²) in [5.41, 5.74) is 0.247. The minimum absolute atomic E-state index is 0.115. The number of aliphatic hydroxyl groups excluding tert-OH is 1. The number of carbonyl (C=O) groups excluding carboxylic acids is 1. The Hall–Kier alpha value is -2.41. The van der Waals surface area contributed by atoms with Gasteiger partial charge in [0.2, 0.25) is 0 Å². The van der Waals surface area contributed by atoms with Crippen LogP contribution in [0.1, 0.15) is 27.8 Å². The lowest BCUT2D eigenvalue weighted by molar-refractivity contribution is 0.0906. The van der Waals surface area contributed by atoms with Crippen LogP contribution in [0, 0.1) is 18.6 Å². The highest BCUT2D eigenvalue weighted by Gasteiger charge is 2.19. The molecule has 0 bridgehead atoms. The highest BCUT2D eigenvalue weighted by Crippen LogP contribution is 2.19. The number of carbonyl (C=O) groups is 1. The van der Waals surface area contributed by atoms with E-state index >= 15 is 0 Å². The SMILES string of the molecule is Cc1cc(C(=O)NCC(O)c2c(F)cccc2F)ncn1. The van der Waals surface area contributed by atoms with Gasteiger partial charge >= 0.3 is 0 Å². The normalized spacial score (nSPS) is 12.0. The van der Waals surface area contributed by atoms with Gasteiger partial charge in [-0.3, -0.25) is 4.79 Å². The van der Waals surface area contributed by atoms with Gasteiger partial charge in [0.25, 0.3) is 5.91 Å². The zero-order chi connectivity index (χ0) is 15.4. The number of rotatable bonds is 4. The van der Waals surface area contributed by atoms with E-state index in [1.807, 2.05) is 0 Å². The summed E-state index contributed by atoms with van der Waals surface area (Å²) in [6.07, 6.45) is -0.255. The van der Waals surface area contributed by atoms with Crippen molar-refractivity contribution in [1.29, 1.82) is 0 Å². The number of amides is 1. The van der Waals surface area contributed by atoms with Crippen molar-refractivity contribution in [3.63, 3.8) is 0 Å². The molecule has 1 unspecified atom stereocenters. The maximum atomic E-state index is 13.5. The second-order valence-electron chi connectivity index (χ2n) is 4.41. The number of halogens is 2. The summed E-state index contributed by atoms with van der Waals surface area (Å²) < 4.78 is 26.9. The number of aromatic nitrogens is 2. The topological polar surface area (TPSA) is 75.1 Å². The Morgan fingerprint density at radius 1 is 1.33 bits per heavy atom. The second-order valence-corrected chi connectivity index (χ2v) is 4.41. The number of hydrogen-bond donors (Lipinski definition) is 2. The van der Waals surface area contributed by atoms with Crippen molar-refractivity contribution in [3.05, 3.63) is 59.2 Å². The minimum atomic E-state index is -1.49. The Balaban J connectivity index is 2.04. The molecule has 0 aliphatic rings. The van der Waals surface area contributed by atoms with Gasteiger partial charge in [-0.1, -0.05) is 6.07 Å². The molecular weight excluding hydrogens is 280 g/mol. The quantitative estimate of drug-likeness (QED) is 0.896. The van der Waals surface area contributed by atoms with E-state index in [4.69, 9.17) is 0 Å². The van der Waals surface area contributed by atoms with E-state index in [1.54, 1.807) is 6.92 Å². The van der Waals surface area contributed by atoms with Crippen molar-refractivity contribution in [2.75, 3.05) is 6.54 Å². The average molecular weight is 293 g/mol. The van der Waals surface area contributed by atoms with E-state index < -0.39 is 29.2 Å². The van der Waals surface area contributed by atoms with Crippen molar-refractivity contribution in [1.82, 2.24) is 15.3 Å². The monoisotopic (exact) mass is 293 g/mol. The third kappa shape index (κ3) is 3.57. The second kappa shape index (κ2) is 6.36. The molecule has 7 heteroatoms. The van der Waals surface area contributed by atoms with Crippen molar-refractivity contribution in [2.24, 2.45) is 0 Å². The molecule has 110 valence electrons. The van der Waals surface area contributed by atoms with Crippen LogP contribution in [-0.2, 0) is 0 Å². The predicted octanol–water partition coefficient (Wildman–Crippen LogP) is 1.53. The van der Waals surface area contributed by atoms with Crippen LogP contribution < -0.4 is 5.32 Å². The molecule has 5 nitrogen and oxygen atoms in total. The van der Waals surface area contributed by atoms with Crippen molar-refractivity contribution >= 4 is 5.91 Å². The number of aryl methyl sites for hydroxylation is 1. The first-order chi connectivity index (χ1) is 9.99. The molecule has 21 heavy (non-hydrogen) atoms. The fourth-order valence-corrected chi connectivity index (χ4v) is 1.79. The molecule has 0 spiro atoms. The van der Waals surface area contributed by atoms with Crippen LogP contribution in [0.25, 0.3) is 0 Å². The van der Waals surface area contributed by atoms with Crippen LogP contribution in [-0.4, -0.2) is 27.5 Å². The maximum Gasteiger partial charge on any atom is 0.270 e. The summed E-state index contributed by atoms with van der Waals surface area (Å²) in [6.45, 7) is 1.36. The standard InChI is InChI=1S/C14H13F2N3O2/c1-8-5-11(19-7-18-8)14(21)17-6-12(20)13-9(15)3-2-4-10(13)16/h2-5,7,12,20H,6H2,1H3,(H,17,21). The number of benzene rings is 1. The lowest BCUT2D eigenvalue weighted by atomic mass is 10.1. The minimum Gasteiger partial charge on any atom is -0.386 e. The molecule has 0 fully saturated rings. The first-order valence-corrected chi connectivity index (χ1v) is 6.18. The molecule has 0 radical (unpaired) electrons. The van der Waals surface area contributed by atoms with Gasteiger partial charge in [-0.2, -0.15) is 0 Å². The summed E-state index contributed by atoms with van der Waals surface area (Å²) in [4.78, 5) is 19.4. The third-order valence-corrected chi connectivity index (χ3v) is 2.83. The Kier molecular flexibility index (Phi) is 4.54. The van der Waals surface area contributed by atoms with Crippen molar-refractivity contribution in [2.45, 2.75) is 13.0 Å². The molecule has 1 aromatic heterocycles. The van der Waals surface area contributed by atoms with Gasteiger partial charge in [0.1, 0.15) is 29.8 Å². The van der Waals surface area contributed by atoms with E-state index in [0.29, 0.717) is 5.69 Å². The Morgan fingerprint density at radius 2 is 2.00 bits per heavy atom. The fourth-order valence-electron chi connectivity index (χ4n) is 1.79. The largest absolute Gasteiger partial charge is 0.386 e. The van der Waals surface area contributed by atoms with Crippen molar-refractivity contribution in [3.8, 4) is 0 Å². The summed E-state index contributed by atoms with van der Waals surface area (Å²) in [5, 5.41) is 12.2. The summed E-state index contributed by atoms with van der Waals surface area (Å²) in [7, 11) is 0. The van der Waals surface area contributed by atoms with Gasteiger partial charge in [0.15, 0.2) is 0 Å². The van der Waals surface area contributed by atoms with E-state index in [2.05, 4.69) is 15.3 Å². The molecule has 0 aliphatic carbocycles. The van der Waals surface area contributed by atoms with Crippen LogP contribution >= 0.6 is 0 Å². The van der Waals surface area contributed by atoms with Crippen LogP contribution in [0.5, 0.6) is 0 Å². The van der Waals surface area contributed by atoms with E-state index in [-0.39, 0.29) is 12.2 Å². The molecule has 2 aromatic rings. The van der Waals surface area contributed by atoms with E-state index in [1.165, 1.54) is 18.5 Å². The molecule has 1 amide bonds. The van der Waals surface area contributed by atoms with Gasteiger partial charge < -0.3 is 10.4 Å². The molecule has 1 atom stereocenters. The molecule has 1 heterocycles. The third-order valence-electron chi connectivity index (χ3n) is 2.83.